The predicted molar refractivity (Wildman–Crippen MR) is 64.3 cm³/mol. The fraction of sp³-hybridized carbons (Fsp3) is 0.231. The van der Waals surface area contributed by atoms with Crippen LogP contribution in [0.4, 0.5) is 18.9 Å². The Bertz CT molecular complexity index is 599. The highest BCUT2D eigenvalue weighted by atomic mass is 19.2. The van der Waals surface area contributed by atoms with Crippen molar-refractivity contribution in [2.24, 2.45) is 0 Å². The first-order valence-corrected chi connectivity index (χ1v) is 5.47. The van der Waals surface area contributed by atoms with Gasteiger partial charge in [0.2, 0.25) is 12.7 Å². The Morgan fingerprint density at radius 2 is 1.94 bits per heavy atom. The van der Waals surface area contributed by atoms with Gasteiger partial charge in [-0.05, 0) is 35.6 Å². The van der Waals surface area contributed by atoms with E-state index in [1.165, 1.54) is 6.07 Å². The molecule has 0 unspecified atom stereocenters. The molecule has 0 saturated heterocycles. The molecule has 0 heterocycles. The summed E-state index contributed by atoms with van der Waals surface area (Å²) in [4.78, 5) is 0. The second-order valence-corrected chi connectivity index (χ2v) is 3.89. The van der Waals surface area contributed by atoms with E-state index in [0.717, 1.165) is 6.07 Å². The van der Waals surface area contributed by atoms with Crippen LogP contribution in [0.25, 0.3) is 10.8 Å². The van der Waals surface area contributed by atoms with Crippen molar-refractivity contribution < 1.29 is 17.9 Å². The van der Waals surface area contributed by atoms with Crippen molar-refractivity contribution >= 4 is 16.5 Å². The van der Waals surface area contributed by atoms with E-state index in [9.17, 15) is 13.2 Å². The van der Waals surface area contributed by atoms with Gasteiger partial charge in [-0.3, -0.25) is 0 Å². The molecule has 96 valence electrons. The minimum Gasteiger partial charge on any atom is -0.459 e. The minimum absolute atomic E-state index is 0.364. The molecule has 0 aromatic heterocycles. The van der Waals surface area contributed by atoms with Crippen LogP contribution in [0.1, 0.15) is 12.5 Å². The maximum absolute atomic E-state index is 13.6. The Morgan fingerprint density at radius 3 is 2.56 bits per heavy atom. The maximum atomic E-state index is 13.6. The van der Waals surface area contributed by atoms with Gasteiger partial charge in [0, 0.05) is 11.1 Å². The van der Waals surface area contributed by atoms with Gasteiger partial charge in [0.05, 0.1) is 0 Å². The number of hydrogen-bond donors (Lipinski definition) is 1. The zero-order chi connectivity index (χ0) is 13.3. The highest BCUT2D eigenvalue weighted by Gasteiger charge is 2.17. The van der Waals surface area contributed by atoms with Gasteiger partial charge in [-0.2, -0.15) is 4.39 Å². The van der Waals surface area contributed by atoms with Crippen LogP contribution in [0, 0.1) is 11.6 Å². The third-order valence-corrected chi connectivity index (χ3v) is 2.77. The summed E-state index contributed by atoms with van der Waals surface area (Å²) < 4.78 is 43.9. The Kier molecular flexibility index (Phi) is 3.32. The maximum Gasteiger partial charge on any atom is 0.228 e. The van der Waals surface area contributed by atoms with Crippen LogP contribution in [0.15, 0.2) is 18.2 Å². The van der Waals surface area contributed by atoms with E-state index in [1.807, 2.05) is 6.92 Å². The second kappa shape index (κ2) is 4.76. The number of fused-ring (bicyclic) bond motifs is 1. The molecule has 2 aromatic rings. The van der Waals surface area contributed by atoms with E-state index in [4.69, 9.17) is 5.73 Å². The Balaban J connectivity index is 2.88. The molecule has 18 heavy (non-hydrogen) atoms. The quantitative estimate of drug-likeness (QED) is 0.851. The summed E-state index contributed by atoms with van der Waals surface area (Å²) in [7, 11) is 0. The summed E-state index contributed by atoms with van der Waals surface area (Å²) in [6.45, 7) is 0.623. The SMILES string of the molecule is CCc1cc(N)cc2cc(F)c(F)c(OCF)c12. The van der Waals surface area contributed by atoms with Crippen LogP contribution in [0.2, 0.25) is 0 Å². The van der Waals surface area contributed by atoms with E-state index in [1.54, 1.807) is 6.07 Å². The number of aryl methyl sites for hydroxylation is 1. The standard InChI is InChI=1S/C13H12F3NO/c1-2-7-3-9(17)4-8-5-10(15)12(16)13(11(7)8)18-6-14/h3-5H,2,6,17H2,1H3. The van der Waals surface area contributed by atoms with Crippen molar-refractivity contribution in [1.29, 1.82) is 0 Å². The number of anilines is 1. The largest absolute Gasteiger partial charge is 0.459 e. The molecule has 0 atom stereocenters. The van der Waals surface area contributed by atoms with Gasteiger partial charge in [-0.1, -0.05) is 6.92 Å². The fourth-order valence-electron chi connectivity index (χ4n) is 2.03. The summed E-state index contributed by atoms with van der Waals surface area (Å²) in [5.74, 6) is -2.66. The highest BCUT2D eigenvalue weighted by molar-refractivity contribution is 5.94. The third-order valence-electron chi connectivity index (χ3n) is 2.77. The predicted octanol–water partition coefficient (Wildman–Crippen LogP) is 3.57. The molecule has 0 spiro atoms. The van der Waals surface area contributed by atoms with Crippen molar-refractivity contribution in [3.8, 4) is 5.75 Å². The molecule has 2 nitrogen and oxygen atoms in total. The van der Waals surface area contributed by atoms with E-state index >= 15 is 0 Å². The molecule has 0 fully saturated rings. The number of alkyl halides is 1. The van der Waals surface area contributed by atoms with Gasteiger partial charge in [-0.25, -0.2) is 8.78 Å². The molecule has 0 radical (unpaired) electrons. The molecule has 2 rings (SSSR count). The Labute approximate surface area is 102 Å². The molecular weight excluding hydrogens is 243 g/mol. The molecule has 0 aliphatic rings. The topological polar surface area (TPSA) is 35.2 Å². The smallest absolute Gasteiger partial charge is 0.228 e. The first kappa shape index (κ1) is 12.5. The summed E-state index contributed by atoms with van der Waals surface area (Å²) >= 11 is 0. The molecule has 2 aromatic carbocycles. The van der Waals surface area contributed by atoms with Gasteiger partial charge in [0.1, 0.15) is 0 Å². The average Bonchev–Trinajstić information content (AvgIpc) is 2.33. The van der Waals surface area contributed by atoms with Gasteiger partial charge >= 0.3 is 0 Å². The van der Waals surface area contributed by atoms with Crippen molar-refractivity contribution in [3.05, 3.63) is 35.4 Å². The van der Waals surface area contributed by atoms with E-state index in [2.05, 4.69) is 4.74 Å². The summed E-state index contributed by atoms with van der Waals surface area (Å²) in [6.07, 6.45) is 0.551. The van der Waals surface area contributed by atoms with E-state index < -0.39 is 24.2 Å². The lowest BCUT2D eigenvalue weighted by atomic mass is 10.00. The van der Waals surface area contributed by atoms with Crippen LogP contribution < -0.4 is 10.5 Å². The monoisotopic (exact) mass is 255 g/mol. The van der Waals surface area contributed by atoms with Gasteiger partial charge in [0.15, 0.2) is 11.6 Å². The number of halogens is 3. The zero-order valence-electron chi connectivity index (χ0n) is 9.77. The number of rotatable bonds is 3. The van der Waals surface area contributed by atoms with Gasteiger partial charge < -0.3 is 10.5 Å². The molecule has 0 aliphatic carbocycles. The van der Waals surface area contributed by atoms with Crippen LogP contribution >= 0.6 is 0 Å². The first-order chi connectivity index (χ1) is 8.58. The second-order valence-electron chi connectivity index (χ2n) is 3.89. The lowest BCUT2D eigenvalue weighted by Gasteiger charge is -2.13. The van der Waals surface area contributed by atoms with Crippen LogP contribution in [-0.4, -0.2) is 6.86 Å². The molecule has 0 bridgehead atoms. The first-order valence-electron chi connectivity index (χ1n) is 5.47. The number of nitrogen functional groups attached to an aromatic ring is 1. The Hall–Kier alpha value is -1.91. The summed E-state index contributed by atoms with van der Waals surface area (Å²) in [6, 6.07) is 4.18. The number of ether oxygens (including phenoxy) is 1. The number of hydrogen-bond acceptors (Lipinski definition) is 2. The van der Waals surface area contributed by atoms with Crippen molar-refractivity contribution in [1.82, 2.24) is 0 Å². The lowest BCUT2D eigenvalue weighted by Crippen LogP contribution is -2.00. The van der Waals surface area contributed by atoms with E-state index in [-0.39, 0.29) is 0 Å². The molecule has 2 N–H and O–H groups in total. The Morgan fingerprint density at radius 1 is 1.22 bits per heavy atom. The number of benzene rings is 2. The average molecular weight is 255 g/mol. The third kappa shape index (κ3) is 1.96. The van der Waals surface area contributed by atoms with E-state index in [0.29, 0.717) is 28.4 Å². The molecule has 5 heteroatoms. The molecular formula is C13H12F3NO. The van der Waals surface area contributed by atoms with Gasteiger partial charge in [-0.15, -0.1) is 0 Å². The molecule has 0 saturated carbocycles. The van der Waals surface area contributed by atoms with Crippen molar-refractivity contribution in [3.63, 3.8) is 0 Å². The minimum atomic E-state index is -1.22. The van der Waals surface area contributed by atoms with Crippen molar-refractivity contribution in [2.45, 2.75) is 13.3 Å². The van der Waals surface area contributed by atoms with Gasteiger partial charge in [0.25, 0.3) is 0 Å². The highest BCUT2D eigenvalue weighted by Crippen LogP contribution is 2.35. The van der Waals surface area contributed by atoms with Crippen LogP contribution in [0.3, 0.4) is 0 Å². The van der Waals surface area contributed by atoms with Crippen LogP contribution in [-0.2, 0) is 6.42 Å². The van der Waals surface area contributed by atoms with Crippen LogP contribution in [0.5, 0.6) is 5.75 Å². The fourth-order valence-corrected chi connectivity index (χ4v) is 2.03. The van der Waals surface area contributed by atoms with Crippen molar-refractivity contribution in [2.75, 3.05) is 12.6 Å². The number of nitrogens with two attached hydrogens (primary N) is 1. The zero-order valence-corrected chi connectivity index (χ0v) is 9.77. The lowest BCUT2D eigenvalue weighted by molar-refractivity contribution is 0.185. The normalized spacial score (nSPS) is 10.9. The molecule has 0 aliphatic heterocycles. The molecule has 0 amide bonds. The summed E-state index contributed by atoms with van der Waals surface area (Å²) in [5.41, 5.74) is 6.81. The summed E-state index contributed by atoms with van der Waals surface area (Å²) in [5, 5.41) is 0.762.